The minimum Gasteiger partial charge on any atom is -0.497 e. The van der Waals surface area contributed by atoms with Gasteiger partial charge in [0.15, 0.2) is 0 Å². The molecule has 6 aromatic carbocycles. The summed E-state index contributed by atoms with van der Waals surface area (Å²) in [5, 5.41) is 0. The maximum Gasteiger partial charge on any atom is 0.118 e. The molecule has 82 heavy (non-hydrogen) atoms. The first-order valence-electron chi connectivity index (χ1n) is 33.7. The van der Waals surface area contributed by atoms with Crippen LogP contribution in [0.1, 0.15) is 269 Å². The van der Waals surface area contributed by atoms with E-state index in [-0.39, 0.29) is 5.41 Å². The number of ether oxygens (including phenoxy) is 2. The number of aryl methyl sites for hydroxylation is 3. The molecule has 0 amide bonds. The summed E-state index contributed by atoms with van der Waals surface area (Å²) in [5.74, 6) is 2.83. The topological polar surface area (TPSA) is 18.5 Å². The van der Waals surface area contributed by atoms with Gasteiger partial charge in [-0.3, -0.25) is 0 Å². The summed E-state index contributed by atoms with van der Waals surface area (Å²) in [7, 11) is 3.41. The van der Waals surface area contributed by atoms with Gasteiger partial charge in [0.25, 0.3) is 0 Å². The summed E-state index contributed by atoms with van der Waals surface area (Å²) in [6, 6.07) is 57.9. The summed E-state index contributed by atoms with van der Waals surface area (Å²) in [6.07, 6.45) is 44.0. The fourth-order valence-corrected chi connectivity index (χ4v) is 10.7. The first-order valence-corrected chi connectivity index (χ1v) is 33.7. The molecule has 454 valence electrons. The van der Waals surface area contributed by atoms with E-state index in [1.165, 1.54) is 238 Å². The lowest BCUT2D eigenvalue weighted by Crippen LogP contribution is -2.23. The predicted molar refractivity (Wildman–Crippen MR) is 365 cm³/mol. The molecule has 0 N–H and O–H groups in total. The van der Waals surface area contributed by atoms with E-state index in [9.17, 15) is 0 Å². The Kier molecular flexibility index (Phi) is 44.9. The standard InChI is InChI=1S/C20H26O2.C17H28.C15H16.C12H18.C9H20.C7H14/c1-5-6-15-20(2,16-7-11-18(21-3)12-8-16)17-9-13-19(22-4)14-10-17;1-2-3-4-5-6-7-8-9-11-14-17-15-12-10-13-16-17;1-2-6-13-9-11-15(12-10-13)14-7-4-3-5-8-14;1-2-3-4-6-9-12-10-7-5-8-11-12;1-3-5-7-9-8-6-4-2;1-7-5-3-2-4-6-7/h7-14H,5-6,15H2,1-4H3;10,12-13,15-16H,2-9,11,14H2,1H3;3-5,7-12H,2,6H2,1H3;5,7-8,10-11H,2-4,6,9H2,1H3;3-9H2,1-2H3;7H,2-6H2,1H3. The second-order valence-electron chi connectivity index (χ2n) is 23.6. The van der Waals surface area contributed by atoms with E-state index in [0.717, 1.165) is 23.8 Å². The van der Waals surface area contributed by atoms with Crippen LogP contribution in [0, 0.1) is 5.92 Å². The predicted octanol–water partition coefficient (Wildman–Crippen LogP) is 25.4. The zero-order chi connectivity index (χ0) is 59.4. The third kappa shape index (κ3) is 35.1. The van der Waals surface area contributed by atoms with Crippen LogP contribution in [0.3, 0.4) is 0 Å². The molecule has 0 bridgehead atoms. The van der Waals surface area contributed by atoms with Crippen LogP contribution in [0.4, 0.5) is 0 Å². The van der Waals surface area contributed by atoms with Crippen LogP contribution < -0.4 is 9.47 Å². The van der Waals surface area contributed by atoms with Crippen LogP contribution in [0.15, 0.2) is 164 Å². The smallest absolute Gasteiger partial charge is 0.118 e. The molecular formula is C80H122O2. The first-order chi connectivity index (χ1) is 40.2. The fraction of sp³-hybridized carbons (Fsp3) is 0.550. The molecule has 1 aliphatic rings. The maximum absolute atomic E-state index is 5.28. The van der Waals surface area contributed by atoms with E-state index >= 15 is 0 Å². The van der Waals surface area contributed by atoms with Gasteiger partial charge in [-0.05, 0) is 108 Å². The van der Waals surface area contributed by atoms with Crippen LogP contribution in [0.25, 0.3) is 11.1 Å². The van der Waals surface area contributed by atoms with E-state index in [4.69, 9.17) is 9.47 Å². The van der Waals surface area contributed by atoms with E-state index in [1.807, 2.05) is 24.3 Å². The van der Waals surface area contributed by atoms with Crippen LogP contribution in [-0.2, 0) is 24.7 Å². The average Bonchev–Trinajstić information content (AvgIpc) is 3.69. The molecule has 6 aromatic rings. The lowest BCUT2D eigenvalue weighted by Gasteiger charge is -2.31. The van der Waals surface area contributed by atoms with E-state index in [1.54, 1.807) is 14.2 Å². The average molecular weight is 1120 g/mol. The highest BCUT2D eigenvalue weighted by Crippen LogP contribution is 2.38. The number of rotatable bonds is 31. The molecule has 2 heteroatoms. The fourth-order valence-electron chi connectivity index (χ4n) is 10.7. The Morgan fingerprint density at radius 3 is 1.00 bits per heavy atom. The highest BCUT2D eigenvalue weighted by atomic mass is 16.5. The second kappa shape index (κ2) is 50.4. The third-order valence-electron chi connectivity index (χ3n) is 16.3. The molecule has 0 atom stereocenters. The van der Waals surface area contributed by atoms with Crippen LogP contribution in [0.5, 0.6) is 11.5 Å². The molecule has 2 nitrogen and oxygen atoms in total. The number of hydrogen-bond donors (Lipinski definition) is 0. The second-order valence-corrected chi connectivity index (χ2v) is 23.6. The lowest BCUT2D eigenvalue weighted by molar-refractivity contribution is 0.385. The van der Waals surface area contributed by atoms with Gasteiger partial charge >= 0.3 is 0 Å². The van der Waals surface area contributed by atoms with Crippen molar-refractivity contribution in [1.82, 2.24) is 0 Å². The minimum atomic E-state index is 0.00848. The maximum atomic E-state index is 5.28. The van der Waals surface area contributed by atoms with Crippen LogP contribution >= 0.6 is 0 Å². The third-order valence-corrected chi connectivity index (χ3v) is 16.3. The van der Waals surface area contributed by atoms with Gasteiger partial charge in [0.2, 0.25) is 0 Å². The Bertz CT molecular complexity index is 2190. The molecule has 0 spiro atoms. The Morgan fingerprint density at radius 2 is 0.659 bits per heavy atom. The molecule has 0 radical (unpaired) electrons. The zero-order valence-corrected chi connectivity index (χ0v) is 54.6. The molecule has 0 heterocycles. The molecule has 0 saturated heterocycles. The first kappa shape index (κ1) is 73.0. The Labute approximate surface area is 507 Å². The Hall–Kier alpha value is -5.08. The highest BCUT2D eigenvalue weighted by molar-refractivity contribution is 5.63. The number of benzene rings is 6. The van der Waals surface area contributed by atoms with Crippen molar-refractivity contribution in [2.75, 3.05) is 14.2 Å². The summed E-state index contributed by atoms with van der Waals surface area (Å²) in [4.78, 5) is 0. The van der Waals surface area contributed by atoms with Crippen molar-refractivity contribution >= 4 is 0 Å². The van der Waals surface area contributed by atoms with Crippen molar-refractivity contribution < 1.29 is 9.47 Å². The van der Waals surface area contributed by atoms with Crippen molar-refractivity contribution in [3.63, 3.8) is 0 Å². The Morgan fingerprint density at radius 1 is 0.329 bits per heavy atom. The van der Waals surface area contributed by atoms with Crippen LogP contribution in [0.2, 0.25) is 0 Å². The number of unbranched alkanes of at least 4 members (excludes halogenated alkanes) is 18. The number of hydrogen-bond acceptors (Lipinski definition) is 2. The van der Waals surface area contributed by atoms with Crippen molar-refractivity contribution in [3.05, 3.63) is 192 Å². The van der Waals surface area contributed by atoms with Gasteiger partial charge in [-0.25, -0.2) is 0 Å². The summed E-state index contributed by atoms with van der Waals surface area (Å²) in [5.41, 5.74) is 9.66. The van der Waals surface area contributed by atoms with Gasteiger partial charge in [-0.1, -0.05) is 362 Å². The van der Waals surface area contributed by atoms with Gasteiger partial charge in [-0.15, -0.1) is 0 Å². The van der Waals surface area contributed by atoms with Gasteiger partial charge in [0.05, 0.1) is 14.2 Å². The molecular weight excluding hydrogens is 993 g/mol. The Balaban J connectivity index is 0.000000348. The minimum absolute atomic E-state index is 0.00848. The SMILES string of the molecule is CC1CCCCC1.CCCCC(C)(c1ccc(OC)cc1)c1ccc(OC)cc1.CCCCCCCCC.CCCCCCCCCCCc1ccccc1.CCCCCCc1ccccc1.CCCc1ccc(-c2ccccc2)cc1. The van der Waals surface area contributed by atoms with E-state index < -0.39 is 0 Å². The largest absolute Gasteiger partial charge is 0.497 e. The van der Waals surface area contributed by atoms with E-state index in [2.05, 4.69) is 195 Å². The normalized spacial score (nSPS) is 11.8. The summed E-state index contributed by atoms with van der Waals surface area (Å²) >= 11 is 0. The molecule has 7 rings (SSSR count). The monoisotopic (exact) mass is 1110 g/mol. The van der Waals surface area contributed by atoms with Gasteiger partial charge in [-0.2, -0.15) is 0 Å². The lowest BCUT2D eigenvalue weighted by atomic mass is 9.73. The van der Waals surface area contributed by atoms with Crippen molar-refractivity contribution in [1.29, 1.82) is 0 Å². The molecule has 1 saturated carbocycles. The highest BCUT2D eigenvalue weighted by Gasteiger charge is 2.28. The number of methoxy groups -OCH3 is 2. The summed E-state index contributed by atoms with van der Waals surface area (Å²) < 4.78 is 10.6. The van der Waals surface area contributed by atoms with Crippen molar-refractivity contribution in [2.45, 2.75) is 266 Å². The van der Waals surface area contributed by atoms with Gasteiger partial charge in [0.1, 0.15) is 11.5 Å². The van der Waals surface area contributed by atoms with Crippen molar-refractivity contribution in [2.24, 2.45) is 5.92 Å². The van der Waals surface area contributed by atoms with Gasteiger partial charge < -0.3 is 9.47 Å². The quantitative estimate of drug-likeness (QED) is 0.0404. The molecule has 1 aliphatic carbocycles. The van der Waals surface area contributed by atoms with Crippen LogP contribution in [-0.4, -0.2) is 14.2 Å². The van der Waals surface area contributed by atoms with Gasteiger partial charge in [0, 0.05) is 5.41 Å². The zero-order valence-electron chi connectivity index (χ0n) is 54.6. The molecule has 1 fully saturated rings. The van der Waals surface area contributed by atoms with E-state index in [0.29, 0.717) is 0 Å². The molecule has 0 aromatic heterocycles. The molecule has 0 aliphatic heterocycles. The van der Waals surface area contributed by atoms with Crippen molar-refractivity contribution in [3.8, 4) is 22.6 Å². The molecule has 0 unspecified atom stereocenters. The summed E-state index contributed by atoms with van der Waals surface area (Å²) in [6.45, 7) is 18.2.